The highest BCUT2D eigenvalue weighted by Crippen LogP contribution is 2.30. The van der Waals surface area contributed by atoms with Gasteiger partial charge < -0.3 is 14.8 Å². The van der Waals surface area contributed by atoms with E-state index in [2.05, 4.69) is 5.32 Å². The zero-order valence-electron chi connectivity index (χ0n) is 14.3. The normalized spacial score (nSPS) is 15.7. The highest BCUT2D eigenvalue weighted by molar-refractivity contribution is 7.12. The van der Waals surface area contributed by atoms with Crippen molar-refractivity contribution in [3.05, 3.63) is 45.6 Å². The smallest absolute Gasteiger partial charge is 0.220 e. The van der Waals surface area contributed by atoms with Crippen LogP contribution in [0.5, 0.6) is 11.5 Å². The summed E-state index contributed by atoms with van der Waals surface area (Å²) in [6, 6.07) is 9.35. The van der Waals surface area contributed by atoms with Crippen molar-refractivity contribution >= 4 is 23.0 Å². The molecule has 1 N–H and O–H groups in total. The minimum Gasteiger partial charge on any atom is -0.486 e. The van der Waals surface area contributed by atoms with Crippen molar-refractivity contribution in [3.8, 4) is 11.5 Å². The summed E-state index contributed by atoms with van der Waals surface area (Å²) in [6.07, 6.45) is 0.168. The first-order chi connectivity index (χ1) is 12.0. The Labute approximate surface area is 151 Å². The van der Waals surface area contributed by atoms with E-state index in [9.17, 15) is 9.59 Å². The molecular weight excluding hydrogens is 338 g/mol. The van der Waals surface area contributed by atoms with Crippen molar-refractivity contribution in [2.75, 3.05) is 13.2 Å². The van der Waals surface area contributed by atoms with Gasteiger partial charge in [0.2, 0.25) is 5.91 Å². The number of fused-ring (bicyclic) bond motifs is 1. The molecule has 0 bridgehead atoms. The molecule has 0 fully saturated rings. The van der Waals surface area contributed by atoms with Crippen LogP contribution in [0.2, 0.25) is 0 Å². The second-order valence-electron chi connectivity index (χ2n) is 6.05. The molecule has 0 saturated carbocycles. The van der Waals surface area contributed by atoms with Gasteiger partial charge in [-0.25, -0.2) is 0 Å². The molecule has 1 atom stereocenters. The summed E-state index contributed by atoms with van der Waals surface area (Å²) in [5.41, 5.74) is 0.732. The first-order valence-electron chi connectivity index (χ1n) is 8.28. The van der Waals surface area contributed by atoms with Gasteiger partial charge in [0.1, 0.15) is 12.7 Å². The Morgan fingerprint density at radius 1 is 1.20 bits per heavy atom. The van der Waals surface area contributed by atoms with Gasteiger partial charge in [-0.15, -0.1) is 11.3 Å². The van der Waals surface area contributed by atoms with Crippen LogP contribution in [0.25, 0.3) is 0 Å². The molecule has 6 heteroatoms. The van der Waals surface area contributed by atoms with Gasteiger partial charge in [-0.05, 0) is 32.0 Å². The van der Waals surface area contributed by atoms with Crippen molar-refractivity contribution in [3.63, 3.8) is 0 Å². The number of carbonyl (C=O) groups is 2. The molecule has 132 valence electrons. The van der Waals surface area contributed by atoms with Crippen LogP contribution in [0.1, 0.15) is 33.0 Å². The quantitative estimate of drug-likeness (QED) is 0.804. The van der Waals surface area contributed by atoms with E-state index >= 15 is 0 Å². The number of benzene rings is 1. The van der Waals surface area contributed by atoms with Gasteiger partial charge in [-0.2, -0.15) is 0 Å². The number of carbonyl (C=O) groups excluding carboxylic acids is 2. The fourth-order valence-corrected chi connectivity index (χ4v) is 3.69. The Morgan fingerprint density at radius 3 is 2.68 bits per heavy atom. The lowest BCUT2D eigenvalue weighted by Gasteiger charge is -2.26. The first-order valence-corrected chi connectivity index (χ1v) is 9.10. The fraction of sp³-hybridized carbons (Fsp3) is 0.368. The van der Waals surface area contributed by atoms with E-state index in [0.29, 0.717) is 18.9 Å². The molecule has 1 aromatic carbocycles. The second kappa shape index (κ2) is 7.70. The molecule has 1 aromatic heterocycles. The summed E-state index contributed by atoms with van der Waals surface area (Å²) in [5, 5.41) is 2.82. The summed E-state index contributed by atoms with van der Waals surface area (Å²) in [6.45, 7) is 4.66. The van der Waals surface area contributed by atoms with Crippen molar-refractivity contribution in [2.24, 2.45) is 0 Å². The van der Waals surface area contributed by atoms with Gasteiger partial charge in [-0.1, -0.05) is 12.1 Å². The standard InChI is InChI=1S/C19H21NO4S/c1-12-9-15(13(2)25-12)16(21)7-8-19(22)20-10-14-11-23-17-5-3-4-6-18(17)24-14/h3-6,9,14H,7-8,10-11H2,1-2H3,(H,20,22)/t14-/m1/s1. The third kappa shape index (κ3) is 4.39. The third-order valence-electron chi connectivity index (χ3n) is 4.01. The number of nitrogens with one attached hydrogen (secondary N) is 1. The van der Waals surface area contributed by atoms with Crippen LogP contribution in [-0.4, -0.2) is 30.9 Å². The third-order valence-corrected chi connectivity index (χ3v) is 4.98. The van der Waals surface area contributed by atoms with Crippen LogP contribution >= 0.6 is 11.3 Å². The number of ether oxygens (including phenoxy) is 2. The molecule has 0 unspecified atom stereocenters. The Hall–Kier alpha value is -2.34. The molecule has 0 spiro atoms. The summed E-state index contributed by atoms with van der Waals surface area (Å²) in [7, 11) is 0. The number of hydrogen-bond acceptors (Lipinski definition) is 5. The Bertz CT molecular complexity index is 783. The van der Waals surface area contributed by atoms with Gasteiger partial charge in [0.25, 0.3) is 0 Å². The number of amides is 1. The minimum atomic E-state index is -0.226. The van der Waals surface area contributed by atoms with Crippen LogP contribution in [0.15, 0.2) is 30.3 Å². The molecule has 1 aliphatic heterocycles. The van der Waals surface area contributed by atoms with Crippen molar-refractivity contribution in [1.82, 2.24) is 5.32 Å². The van der Waals surface area contributed by atoms with Crippen molar-refractivity contribution in [1.29, 1.82) is 0 Å². The van der Waals surface area contributed by atoms with Crippen LogP contribution in [0.3, 0.4) is 0 Å². The zero-order chi connectivity index (χ0) is 17.8. The summed E-state index contributed by atoms with van der Waals surface area (Å²) < 4.78 is 11.4. The highest BCUT2D eigenvalue weighted by Gasteiger charge is 2.21. The molecule has 25 heavy (non-hydrogen) atoms. The molecule has 0 aliphatic carbocycles. The van der Waals surface area contributed by atoms with Crippen LogP contribution in [0.4, 0.5) is 0 Å². The summed E-state index contributed by atoms with van der Waals surface area (Å²) >= 11 is 1.60. The Balaban J connectivity index is 1.43. The average molecular weight is 359 g/mol. The van der Waals surface area contributed by atoms with E-state index in [-0.39, 0.29) is 30.6 Å². The molecule has 0 saturated heterocycles. The van der Waals surface area contributed by atoms with Gasteiger partial charge >= 0.3 is 0 Å². The van der Waals surface area contributed by atoms with Gasteiger partial charge in [0, 0.05) is 28.2 Å². The maximum Gasteiger partial charge on any atom is 0.220 e. The van der Waals surface area contributed by atoms with E-state index in [1.807, 2.05) is 44.2 Å². The molecule has 2 heterocycles. The van der Waals surface area contributed by atoms with E-state index < -0.39 is 0 Å². The summed E-state index contributed by atoms with van der Waals surface area (Å²) in [4.78, 5) is 26.3. The van der Waals surface area contributed by atoms with E-state index in [1.165, 1.54) is 0 Å². The number of rotatable bonds is 6. The zero-order valence-corrected chi connectivity index (χ0v) is 15.2. The Morgan fingerprint density at radius 2 is 1.96 bits per heavy atom. The molecular formula is C19H21NO4S. The van der Waals surface area contributed by atoms with E-state index in [0.717, 1.165) is 21.1 Å². The number of thiophene rings is 1. The average Bonchev–Trinajstić information content (AvgIpc) is 2.96. The fourth-order valence-electron chi connectivity index (χ4n) is 2.75. The number of aryl methyl sites for hydroxylation is 2. The molecule has 1 amide bonds. The van der Waals surface area contributed by atoms with Crippen molar-refractivity contribution < 1.29 is 19.1 Å². The lowest BCUT2D eigenvalue weighted by Crippen LogP contribution is -2.40. The molecule has 3 rings (SSSR count). The van der Waals surface area contributed by atoms with Crippen LogP contribution in [-0.2, 0) is 4.79 Å². The largest absolute Gasteiger partial charge is 0.486 e. The minimum absolute atomic E-state index is 0.0168. The number of ketones is 1. The maximum absolute atomic E-state index is 12.2. The molecule has 1 aliphatic rings. The predicted octanol–water partition coefficient (Wildman–Crippen LogP) is 3.28. The van der Waals surface area contributed by atoms with Gasteiger partial charge in [0.05, 0.1) is 6.54 Å². The Kier molecular flexibility index (Phi) is 5.38. The van der Waals surface area contributed by atoms with Gasteiger partial charge in [0.15, 0.2) is 17.3 Å². The van der Waals surface area contributed by atoms with E-state index in [4.69, 9.17) is 9.47 Å². The van der Waals surface area contributed by atoms with Crippen LogP contribution in [0, 0.1) is 13.8 Å². The second-order valence-corrected chi connectivity index (χ2v) is 7.51. The number of hydrogen-bond donors (Lipinski definition) is 1. The van der Waals surface area contributed by atoms with E-state index in [1.54, 1.807) is 11.3 Å². The SMILES string of the molecule is Cc1cc(C(=O)CCC(=O)NC[C@@H]2COc3ccccc3O2)c(C)s1. The first kappa shape index (κ1) is 17.5. The molecule has 0 radical (unpaired) electrons. The highest BCUT2D eigenvalue weighted by atomic mass is 32.1. The lowest BCUT2D eigenvalue weighted by atomic mass is 10.1. The van der Waals surface area contributed by atoms with Crippen molar-refractivity contribution in [2.45, 2.75) is 32.8 Å². The number of para-hydroxylation sites is 2. The predicted molar refractivity (Wildman–Crippen MR) is 96.7 cm³/mol. The molecule has 5 nitrogen and oxygen atoms in total. The summed E-state index contributed by atoms with van der Waals surface area (Å²) in [5.74, 6) is 1.27. The van der Waals surface area contributed by atoms with Crippen LogP contribution < -0.4 is 14.8 Å². The van der Waals surface area contributed by atoms with Gasteiger partial charge in [-0.3, -0.25) is 9.59 Å². The lowest BCUT2D eigenvalue weighted by molar-refractivity contribution is -0.121. The monoisotopic (exact) mass is 359 g/mol. The maximum atomic E-state index is 12.2. The topological polar surface area (TPSA) is 64.6 Å². The molecule has 2 aromatic rings. The number of Topliss-reactive ketones (excluding diaryl/α,β-unsaturated/α-hetero) is 1.